The molecule has 3 aromatic rings. The zero-order chi connectivity index (χ0) is 23.1. The number of anilines is 2. The highest BCUT2D eigenvalue weighted by atomic mass is 16.5. The van der Waals surface area contributed by atoms with Crippen LogP contribution < -0.4 is 25.7 Å². The molecule has 0 radical (unpaired) electrons. The van der Waals surface area contributed by atoms with Crippen LogP contribution in [0.25, 0.3) is 11.1 Å². The molecule has 32 heavy (non-hydrogen) atoms. The van der Waals surface area contributed by atoms with E-state index in [2.05, 4.69) is 9.97 Å². The third-order valence-electron chi connectivity index (χ3n) is 4.91. The standard InChI is InChI=1S/C24H30N4O4/c1-5-31-20-10-15(9-17-13-27-24(26)28-23(17)25)11-21(32-6-2)22(20)16-7-8-19(30-4)18(12-16)14-29-3/h7-8,10-13H,5-6,9,14H2,1-4H3,(H4,25,26,27,28). The molecule has 0 saturated heterocycles. The third-order valence-corrected chi connectivity index (χ3v) is 4.91. The van der Waals surface area contributed by atoms with Crippen LogP contribution in [0.5, 0.6) is 17.2 Å². The van der Waals surface area contributed by atoms with Gasteiger partial charge in [0.05, 0.1) is 32.5 Å². The van der Waals surface area contributed by atoms with Gasteiger partial charge >= 0.3 is 0 Å². The van der Waals surface area contributed by atoms with Gasteiger partial charge in [-0.15, -0.1) is 0 Å². The summed E-state index contributed by atoms with van der Waals surface area (Å²) in [5, 5.41) is 0. The normalized spacial score (nSPS) is 10.8. The molecule has 0 aliphatic heterocycles. The van der Waals surface area contributed by atoms with Crippen LogP contribution in [0.3, 0.4) is 0 Å². The largest absolute Gasteiger partial charge is 0.496 e. The van der Waals surface area contributed by atoms with Crippen LogP contribution in [0.2, 0.25) is 0 Å². The van der Waals surface area contributed by atoms with Crippen LogP contribution in [0, 0.1) is 0 Å². The number of rotatable bonds is 10. The molecule has 0 atom stereocenters. The maximum absolute atomic E-state index is 6.04. The van der Waals surface area contributed by atoms with Crippen LogP contribution >= 0.6 is 0 Å². The average Bonchev–Trinajstić information content (AvgIpc) is 2.76. The van der Waals surface area contributed by atoms with Gasteiger partial charge in [0.2, 0.25) is 5.95 Å². The molecule has 0 fully saturated rings. The zero-order valence-corrected chi connectivity index (χ0v) is 19.0. The fourth-order valence-electron chi connectivity index (χ4n) is 3.56. The van der Waals surface area contributed by atoms with E-state index < -0.39 is 0 Å². The fourth-order valence-corrected chi connectivity index (χ4v) is 3.56. The summed E-state index contributed by atoms with van der Waals surface area (Å²) < 4.78 is 22.9. The van der Waals surface area contributed by atoms with Gasteiger partial charge in [0, 0.05) is 30.9 Å². The minimum absolute atomic E-state index is 0.151. The van der Waals surface area contributed by atoms with Gasteiger partial charge in [0.1, 0.15) is 23.1 Å². The van der Waals surface area contributed by atoms with Crippen molar-refractivity contribution in [2.75, 3.05) is 38.9 Å². The van der Waals surface area contributed by atoms with Crippen LogP contribution in [0.1, 0.15) is 30.5 Å². The minimum atomic E-state index is 0.151. The Morgan fingerprint density at radius 1 is 0.875 bits per heavy atom. The highest BCUT2D eigenvalue weighted by Gasteiger charge is 2.18. The number of nitrogens with zero attached hydrogens (tertiary/aromatic N) is 2. The van der Waals surface area contributed by atoms with E-state index in [1.54, 1.807) is 20.4 Å². The lowest BCUT2D eigenvalue weighted by Gasteiger charge is -2.19. The van der Waals surface area contributed by atoms with Gasteiger partial charge in [-0.2, -0.15) is 4.98 Å². The Kier molecular flexibility index (Phi) is 7.72. The topological polar surface area (TPSA) is 115 Å². The first kappa shape index (κ1) is 23.1. The number of nitrogens with two attached hydrogens (primary N) is 2. The number of benzene rings is 2. The first-order valence-corrected chi connectivity index (χ1v) is 10.5. The maximum Gasteiger partial charge on any atom is 0.221 e. The lowest BCUT2D eigenvalue weighted by molar-refractivity contribution is 0.181. The Hall–Kier alpha value is -3.52. The minimum Gasteiger partial charge on any atom is -0.496 e. The van der Waals surface area contributed by atoms with Gasteiger partial charge in [-0.05, 0) is 49.2 Å². The Bertz CT molecular complexity index is 1040. The molecule has 8 nitrogen and oxygen atoms in total. The number of hydrogen-bond donors (Lipinski definition) is 2. The second kappa shape index (κ2) is 10.7. The molecular weight excluding hydrogens is 408 g/mol. The van der Waals surface area contributed by atoms with Gasteiger partial charge in [0.25, 0.3) is 0 Å². The van der Waals surface area contributed by atoms with Crippen molar-refractivity contribution >= 4 is 11.8 Å². The molecule has 1 aromatic heterocycles. The second-order valence-corrected chi connectivity index (χ2v) is 7.11. The SMILES string of the molecule is CCOc1cc(Cc2cnc(N)nc2N)cc(OCC)c1-c1ccc(OC)c(COC)c1. The van der Waals surface area contributed by atoms with E-state index in [4.69, 9.17) is 30.4 Å². The van der Waals surface area contributed by atoms with Crippen molar-refractivity contribution in [3.63, 3.8) is 0 Å². The molecule has 3 rings (SSSR count). The predicted octanol–water partition coefficient (Wildman–Crippen LogP) is 3.85. The van der Waals surface area contributed by atoms with E-state index in [1.807, 2.05) is 44.2 Å². The van der Waals surface area contributed by atoms with E-state index in [0.29, 0.717) is 32.1 Å². The van der Waals surface area contributed by atoms with E-state index in [9.17, 15) is 0 Å². The number of ether oxygens (including phenoxy) is 4. The van der Waals surface area contributed by atoms with Crippen LogP contribution in [0.15, 0.2) is 36.5 Å². The molecule has 0 bridgehead atoms. The summed E-state index contributed by atoms with van der Waals surface area (Å²) in [6.45, 7) is 5.35. The van der Waals surface area contributed by atoms with E-state index in [-0.39, 0.29) is 5.95 Å². The van der Waals surface area contributed by atoms with Gasteiger partial charge in [0.15, 0.2) is 0 Å². The third kappa shape index (κ3) is 5.20. The summed E-state index contributed by atoms with van der Waals surface area (Å²) in [5.74, 6) is 2.71. The number of aromatic nitrogens is 2. The monoisotopic (exact) mass is 438 g/mol. The second-order valence-electron chi connectivity index (χ2n) is 7.11. The maximum atomic E-state index is 6.04. The first-order chi connectivity index (χ1) is 15.5. The smallest absolute Gasteiger partial charge is 0.221 e. The molecule has 170 valence electrons. The molecule has 2 aromatic carbocycles. The van der Waals surface area contributed by atoms with Crippen molar-refractivity contribution in [1.29, 1.82) is 0 Å². The number of nitrogen functional groups attached to an aromatic ring is 2. The zero-order valence-electron chi connectivity index (χ0n) is 19.0. The Morgan fingerprint density at radius 2 is 1.56 bits per heavy atom. The summed E-state index contributed by atoms with van der Waals surface area (Å²) in [7, 11) is 3.30. The van der Waals surface area contributed by atoms with Gasteiger partial charge < -0.3 is 30.4 Å². The van der Waals surface area contributed by atoms with E-state index >= 15 is 0 Å². The van der Waals surface area contributed by atoms with E-state index in [1.165, 1.54) is 0 Å². The molecule has 0 unspecified atom stereocenters. The molecule has 1 heterocycles. The quantitative estimate of drug-likeness (QED) is 0.490. The summed E-state index contributed by atoms with van der Waals surface area (Å²) in [5.41, 5.74) is 16.2. The van der Waals surface area contributed by atoms with Crippen molar-refractivity contribution in [3.05, 3.63) is 53.2 Å². The fraction of sp³-hybridized carbons (Fsp3) is 0.333. The van der Waals surface area contributed by atoms with Crippen molar-refractivity contribution in [3.8, 4) is 28.4 Å². The first-order valence-electron chi connectivity index (χ1n) is 10.5. The summed E-state index contributed by atoms with van der Waals surface area (Å²) in [6.07, 6.45) is 2.16. The predicted molar refractivity (Wildman–Crippen MR) is 125 cm³/mol. The van der Waals surface area contributed by atoms with Crippen molar-refractivity contribution in [1.82, 2.24) is 9.97 Å². The molecule has 0 saturated carbocycles. The van der Waals surface area contributed by atoms with Crippen LogP contribution in [-0.2, 0) is 17.8 Å². The molecule has 0 amide bonds. The summed E-state index contributed by atoms with van der Waals surface area (Å²) >= 11 is 0. The molecule has 0 aliphatic rings. The summed E-state index contributed by atoms with van der Waals surface area (Å²) in [4.78, 5) is 8.12. The van der Waals surface area contributed by atoms with Crippen molar-refractivity contribution in [2.45, 2.75) is 26.9 Å². The highest BCUT2D eigenvalue weighted by molar-refractivity contribution is 5.79. The lowest BCUT2D eigenvalue weighted by Crippen LogP contribution is -2.05. The van der Waals surface area contributed by atoms with Crippen LogP contribution in [-0.4, -0.2) is 37.4 Å². The van der Waals surface area contributed by atoms with Gasteiger partial charge in [-0.1, -0.05) is 6.07 Å². The average molecular weight is 439 g/mol. The lowest BCUT2D eigenvalue weighted by atomic mass is 9.97. The molecule has 0 aliphatic carbocycles. The molecule has 0 spiro atoms. The van der Waals surface area contributed by atoms with E-state index in [0.717, 1.165) is 45.1 Å². The van der Waals surface area contributed by atoms with Crippen molar-refractivity contribution in [2.24, 2.45) is 0 Å². The van der Waals surface area contributed by atoms with Gasteiger partial charge in [-0.3, -0.25) is 0 Å². The Balaban J connectivity index is 2.12. The molecular formula is C24H30N4O4. The van der Waals surface area contributed by atoms with Crippen LogP contribution in [0.4, 0.5) is 11.8 Å². The Morgan fingerprint density at radius 3 is 2.12 bits per heavy atom. The summed E-state index contributed by atoms with van der Waals surface area (Å²) in [6, 6.07) is 9.95. The molecule has 4 N–H and O–H groups in total. The number of methoxy groups -OCH3 is 2. The van der Waals surface area contributed by atoms with Gasteiger partial charge in [-0.25, -0.2) is 4.98 Å². The molecule has 8 heteroatoms. The number of hydrogen-bond acceptors (Lipinski definition) is 8. The van der Waals surface area contributed by atoms with Crippen molar-refractivity contribution < 1.29 is 18.9 Å². The Labute approximate surface area is 188 Å². The highest BCUT2D eigenvalue weighted by Crippen LogP contribution is 2.42.